The zero-order chi connectivity index (χ0) is 15.2. The molecule has 0 saturated heterocycles. The van der Waals surface area contributed by atoms with Gasteiger partial charge in [0.15, 0.2) is 0 Å². The third kappa shape index (κ3) is 4.22. The van der Waals surface area contributed by atoms with Crippen LogP contribution >= 0.6 is 0 Å². The zero-order valence-corrected chi connectivity index (χ0v) is 12.8. The van der Waals surface area contributed by atoms with Crippen molar-refractivity contribution in [3.8, 4) is 6.07 Å². The van der Waals surface area contributed by atoms with E-state index in [1.807, 2.05) is 26.0 Å². The van der Waals surface area contributed by atoms with Gasteiger partial charge in [-0.3, -0.25) is 4.79 Å². The number of aromatic nitrogens is 1. The predicted octanol–water partition coefficient (Wildman–Crippen LogP) is 3.38. The summed E-state index contributed by atoms with van der Waals surface area (Å²) >= 11 is 0. The predicted molar refractivity (Wildman–Crippen MR) is 83.5 cm³/mol. The van der Waals surface area contributed by atoms with Crippen LogP contribution in [0.1, 0.15) is 55.5 Å². The van der Waals surface area contributed by atoms with Crippen LogP contribution in [0, 0.1) is 25.2 Å². The van der Waals surface area contributed by atoms with Crippen molar-refractivity contribution in [1.82, 2.24) is 10.3 Å². The van der Waals surface area contributed by atoms with E-state index in [0.717, 1.165) is 42.6 Å². The van der Waals surface area contributed by atoms with Crippen LogP contribution in [0.4, 0.5) is 0 Å². The van der Waals surface area contributed by atoms with E-state index < -0.39 is 0 Å². The van der Waals surface area contributed by atoms with Crippen LogP contribution in [0.25, 0.3) is 6.08 Å². The molecule has 0 bridgehead atoms. The number of rotatable bonds is 3. The van der Waals surface area contributed by atoms with Gasteiger partial charge in [-0.05, 0) is 44.4 Å². The first-order valence-electron chi connectivity index (χ1n) is 7.69. The highest BCUT2D eigenvalue weighted by Crippen LogP contribution is 2.18. The second-order valence-electron chi connectivity index (χ2n) is 5.86. The number of amides is 1. The standard InChI is InChI=1S/C17H23N3O/c1-12-9-14(13(2)19-12)10-15(11-18)17(21)20-16-7-5-3-4-6-8-16/h9-10,16,19H,3-8H2,1-2H3,(H,20,21)/b15-10+. The van der Waals surface area contributed by atoms with Crippen LogP contribution in [-0.4, -0.2) is 16.9 Å². The van der Waals surface area contributed by atoms with Crippen molar-refractivity contribution < 1.29 is 4.79 Å². The van der Waals surface area contributed by atoms with Crippen LogP contribution in [0.15, 0.2) is 11.6 Å². The van der Waals surface area contributed by atoms with E-state index in [9.17, 15) is 10.1 Å². The summed E-state index contributed by atoms with van der Waals surface area (Å²) in [6, 6.07) is 4.19. The molecule has 2 rings (SSSR count). The lowest BCUT2D eigenvalue weighted by atomic mass is 10.1. The number of nitrogens with one attached hydrogen (secondary N) is 2. The minimum atomic E-state index is -0.248. The lowest BCUT2D eigenvalue weighted by Crippen LogP contribution is -2.35. The summed E-state index contributed by atoms with van der Waals surface area (Å²) < 4.78 is 0. The second-order valence-corrected chi connectivity index (χ2v) is 5.86. The van der Waals surface area contributed by atoms with Gasteiger partial charge in [-0.1, -0.05) is 25.7 Å². The molecule has 0 atom stereocenters. The molecule has 1 aliphatic carbocycles. The fourth-order valence-electron chi connectivity index (χ4n) is 2.89. The van der Waals surface area contributed by atoms with Crippen molar-refractivity contribution in [3.05, 3.63) is 28.6 Å². The molecule has 0 aliphatic heterocycles. The molecule has 112 valence electrons. The number of carbonyl (C=O) groups excluding carboxylic acids is 1. The van der Waals surface area contributed by atoms with Crippen LogP contribution in [0.2, 0.25) is 0 Å². The Bertz CT molecular complexity index is 569. The highest BCUT2D eigenvalue weighted by Gasteiger charge is 2.17. The third-order valence-electron chi connectivity index (χ3n) is 4.04. The molecule has 4 nitrogen and oxygen atoms in total. The van der Waals surface area contributed by atoms with Gasteiger partial charge in [0.2, 0.25) is 0 Å². The maximum Gasteiger partial charge on any atom is 0.262 e. The molecular formula is C17H23N3O. The molecule has 1 heterocycles. The van der Waals surface area contributed by atoms with Crippen molar-refractivity contribution in [2.75, 3.05) is 0 Å². The van der Waals surface area contributed by atoms with Crippen molar-refractivity contribution >= 4 is 12.0 Å². The van der Waals surface area contributed by atoms with E-state index in [4.69, 9.17) is 0 Å². The molecule has 4 heteroatoms. The Morgan fingerprint density at radius 2 is 2.00 bits per heavy atom. The summed E-state index contributed by atoms with van der Waals surface area (Å²) in [6.07, 6.45) is 8.52. The van der Waals surface area contributed by atoms with E-state index >= 15 is 0 Å². The van der Waals surface area contributed by atoms with Crippen molar-refractivity contribution in [2.24, 2.45) is 0 Å². The summed E-state index contributed by atoms with van der Waals surface area (Å²) in [7, 11) is 0. The number of carbonyl (C=O) groups is 1. The highest BCUT2D eigenvalue weighted by atomic mass is 16.1. The van der Waals surface area contributed by atoms with Crippen LogP contribution < -0.4 is 5.32 Å². The number of aromatic amines is 1. The Morgan fingerprint density at radius 3 is 2.52 bits per heavy atom. The summed E-state index contributed by atoms with van der Waals surface area (Å²) in [5.41, 5.74) is 3.09. The average Bonchev–Trinajstić information content (AvgIpc) is 2.66. The first-order valence-corrected chi connectivity index (χ1v) is 7.69. The minimum absolute atomic E-state index is 0.182. The SMILES string of the molecule is Cc1cc(/C=C(\C#N)C(=O)NC2CCCCCC2)c(C)[nH]1. The van der Waals surface area contributed by atoms with Gasteiger partial charge in [-0.25, -0.2) is 0 Å². The molecular weight excluding hydrogens is 262 g/mol. The maximum absolute atomic E-state index is 12.3. The molecule has 1 saturated carbocycles. The average molecular weight is 285 g/mol. The second kappa shape index (κ2) is 7.12. The summed E-state index contributed by atoms with van der Waals surface area (Å²) in [5.74, 6) is -0.248. The number of aryl methyl sites for hydroxylation is 2. The first kappa shape index (κ1) is 15.4. The van der Waals surface area contributed by atoms with E-state index in [1.165, 1.54) is 12.8 Å². The van der Waals surface area contributed by atoms with Crippen molar-refractivity contribution in [1.29, 1.82) is 5.26 Å². The van der Waals surface area contributed by atoms with Crippen molar-refractivity contribution in [3.63, 3.8) is 0 Å². The molecule has 0 aromatic carbocycles. The number of hydrogen-bond acceptors (Lipinski definition) is 2. The number of hydrogen-bond donors (Lipinski definition) is 2. The summed E-state index contributed by atoms with van der Waals surface area (Å²) in [4.78, 5) is 15.4. The van der Waals surface area contributed by atoms with Gasteiger partial charge >= 0.3 is 0 Å². The molecule has 1 aromatic heterocycles. The smallest absolute Gasteiger partial charge is 0.262 e. The highest BCUT2D eigenvalue weighted by molar-refractivity contribution is 6.01. The van der Waals surface area contributed by atoms with Gasteiger partial charge in [0, 0.05) is 17.4 Å². The third-order valence-corrected chi connectivity index (χ3v) is 4.04. The summed E-state index contributed by atoms with van der Waals surface area (Å²) in [5, 5.41) is 12.3. The molecule has 0 spiro atoms. The molecule has 0 unspecified atom stereocenters. The molecule has 2 N–H and O–H groups in total. The Labute approximate surface area is 126 Å². The maximum atomic E-state index is 12.3. The molecule has 21 heavy (non-hydrogen) atoms. The van der Waals surface area contributed by atoms with Crippen LogP contribution in [0.3, 0.4) is 0 Å². The lowest BCUT2D eigenvalue weighted by Gasteiger charge is -2.15. The number of H-pyrrole nitrogens is 1. The Morgan fingerprint density at radius 1 is 1.33 bits per heavy atom. The van der Waals surface area contributed by atoms with Crippen LogP contribution in [-0.2, 0) is 4.79 Å². The fourth-order valence-corrected chi connectivity index (χ4v) is 2.89. The van der Waals surface area contributed by atoms with E-state index in [0.29, 0.717) is 0 Å². The number of nitrogens with zero attached hydrogens (tertiary/aromatic N) is 1. The Kier molecular flexibility index (Phi) is 5.21. The Hall–Kier alpha value is -2.02. The van der Waals surface area contributed by atoms with E-state index in [-0.39, 0.29) is 17.5 Å². The van der Waals surface area contributed by atoms with Gasteiger partial charge in [-0.15, -0.1) is 0 Å². The van der Waals surface area contributed by atoms with Crippen molar-refractivity contribution in [2.45, 2.75) is 58.4 Å². The Balaban J connectivity index is 2.08. The fraction of sp³-hybridized carbons (Fsp3) is 0.529. The summed E-state index contributed by atoms with van der Waals surface area (Å²) in [6.45, 7) is 3.90. The molecule has 1 aliphatic rings. The van der Waals surface area contributed by atoms with Gasteiger partial charge in [0.25, 0.3) is 5.91 Å². The quantitative estimate of drug-likeness (QED) is 0.508. The van der Waals surface area contributed by atoms with E-state index in [2.05, 4.69) is 10.3 Å². The largest absolute Gasteiger partial charge is 0.362 e. The van der Waals surface area contributed by atoms with Gasteiger partial charge < -0.3 is 10.3 Å². The molecule has 1 fully saturated rings. The molecule has 0 radical (unpaired) electrons. The lowest BCUT2D eigenvalue weighted by molar-refractivity contribution is -0.117. The molecule has 1 aromatic rings. The van der Waals surface area contributed by atoms with E-state index in [1.54, 1.807) is 6.08 Å². The monoisotopic (exact) mass is 285 g/mol. The van der Waals surface area contributed by atoms with Gasteiger partial charge in [-0.2, -0.15) is 5.26 Å². The van der Waals surface area contributed by atoms with Crippen LogP contribution in [0.5, 0.6) is 0 Å². The first-order chi connectivity index (χ1) is 10.1. The topological polar surface area (TPSA) is 68.7 Å². The van der Waals surface area contributed by atoms with Gasteiger partial charge in [0.1, 0.15) is 11.6 Å². The van der Waals surface area contributed by atoms with Gasteiger partial charge in [0.05, 0.1) is 0 Å². The zero-order valence-electron chi connectivity index (χ0n) is 12.8. The minimum Gasteiger partial charge on any atom is -0.362 e. The number of nitriles is 1. The molecule has 1 amide bonds. The normalized spacial score (nSPS) is 17.1.